The molecule has 0 radical (unpaired) electrons. The smallest absolute Gasteiger partial charge is 0.338 e. The number of fused-ring (bicyclic) bond motifs is 1. The van der Waals surface area contributed by atoms with Gasteiger partial charge in [-0.3, -0.25) is 10.1 Å². The van der Waals surface area contributed by atoms with Crippen LogP contribution < -0.4 is 4.74 Å². The van der Waals surface area contributed by atoms with E-state index in [1.807, 2.05) is 42.5 Å². The zero-order chi connectivity index (χ0) is 20.2. The largest absolute Gasteiger partial charge is 0.489 e. The number of nitrogens with zero attached hydrogens (tertiary/aromatic N) is 2. The summed E-state index contributed by atoms with van der Waals surface area (Å²) in [5, 5.41) is 17.1. The fourth-order valence-corrected chi connectivity index (χ4v) is 3.14. The average molecular weight is 386 g/mol. The van der Waals surface area contributed by atoms with Crippen LogP contribution >= 0.6 is 0 Å². The number of ether oxygens (including phenoxy) is 1. The van der Waals surface area contributed by atoms with E-state index >= 15 is 0 Å². The summed E-state index contributed by atoms with van der Waals surface area (Å²) in [6.45, 7) is 2.02. The second kappa shape index (κ2) is 7.98. The molecule has 0 saturated heterocycles. The predicted octanol–water partition coefficient (Wildman–Crippen LogP) is 5.79. The Bertz CT molecular complexity index is 1190. The Morgan fingerprint density at radius 1 is 1.03 bits per heavy atom. The molecular weight excluding hydrogens is 368 g/mol. The van der Waals surface area contributed by atoms with E-state index in [4.69, 9.17) is 9.26 Å². The first-order valence-corrected chi connectivity index (χ1v) is 9.10. The van der Waals surface area contributed by atoms with Crippen molar-refractivity contribution in [2.75, 3.05) is 0 Å². The van der Waals surface area contributed by atoms with Crippen molar-refractivity contribution in [3.63, 3.8) is 0 Å². The summed E-state index contributed by atoms with van der Waals surface area (Å²) in [5.41, 5.74) is 2.13. The number of aryl methyl sites for hydroxylation is 1. The van der Waals surface area contributed by atoms with E-state index in [9.17, 15) is 10.1 Å². The molecule has 0 aliphatic rings. The number of benzene rings is 3. The lowest BCUT2D eigenvalue weighted by molar-refractivity contribution is -0.386. The van der Waals surface area contributed by atoms with E-state index in [1.54, 1.807) is 19.1 Å². The first-order valence-electron chi connectivity index (χ1n) is 9.10. The van der Waals surface area contributed by atoms with Crippen molar-refractivity contribution in [2.24, 2.45) is 0 Å². The first kappa shape index (κ1) is 18.4. The number of aromatic nitrogens is 1. The van der Waals surface area contributed by atoms with Gasteiger partial charge in [0.05, 0.1) is 4.92 Å². The second-order valence-electron chi connectivity index (χ2n) is 6.57. The molecule has 0 atom stereocenters. The number of nitro groups is 1. The second-order valence-corrected chi connectivity index (χ2v) is 6.57. The van der Waals surface area contributed by atoms with Gasteiger partial charge in [-0.2, -0.15) is 0 Å². The Balaban J connectivity index is 1.45. The van der Waals surface area contributed by atoms with Crippen molar-refractivity contribution in [1.29, 1.82) is 0 Å². The molecule has 29 heavy (non-hydrogen) atoms. The standard InChI is InChI=1S/C23H18N2O4/c1-16-23(25(26)27)22(29-24-16)14-11-17-9-12-20(13-10-17)28-15-19-7-4-6-18-5-2-3-8-21(18)19/h2-14H,15H2,1H3/b14-11-. The van der Waals surface area contributed by atoms with Gasteiger partial charge in [-0.25, -0.2) is 0 Å². The van der Waals surface area contributed by atoms with Gasteiger partial charge >= 0.3 is 5.69 Å². The van der Waals surface area contributed by atoms with Crippen molar-refractivity contribution < 1.29 is 14.2 Å². The maximum Gasteiger partial charge on any atom is 0.338 e. The molecule has 0 N–H and O–H groups in total. The third-order valence-corrected chi connectivity index (χ3v) is 4.62. The number of hydrogen-bond donors (Lipinski definition) is 0. The summed E-state index contributed by atoms with van der Waals surface area (Å²) < 4.78 is 11.0. The molecule has 6 heteroatoms. The lowest BCUT2D eigenvalue weighted by Crippen LogP contribution is -1.96. The summed E-state index contributed by atoms with van der Waals surface area (Å²) in [6, 6.07) is 21.9. The van der Waals surface area contributed by atoms with Crippen LogP contribution in [0.15, 0.2) is 71.3 Å². The topological polar surface area (TPSA) is 78.4 Å². The molecule has 0 spiro atoms. The fourth-order valence-electron chi connectivity index (χ4n) is 3.14. The molecule has 3 aromatic carbocycles. The zero-order valence-corrected chi connectivity index (χ0v) is 15.7. The quantitative estimate of drug-likeness (QED) is 0.309. The number of hydrogen-bond acceptors (Lipinski definition) is 5. The number of rotatable bonds is 6. The fraction of sp³-hybridized carbons (Fsp3) is 0.0870. The summed E-state index contributed by atoms with van der Waals surface area (Å²) >= 11 is 0. The van der Waals surface area contributed by atoms with Crippen molar-refractivity contribution in [1.82, 2.24) is 5.16 Å². The van der Waals surface area contributed by atoms with Crippen LogP contribution in [0.25, 0.3) is 22.9 Å². The SMILES string of the molecule is Cc1noc(/C=C\c2ccc(OCc3cccc4ccccc34)cc2)c1[N+](=O)[O-]. The van der Waals surface area contributed by atoms with Crippen LogP contribution in [-0.2, 0) is 6.61 Å². The van der Waals surface area contributed by atoms with Crippen LogP contribution in [0.2, 0.25) is 0 Å². The molecule has 1 aromatic heterocycles. The Kier molecular flexibility index (Phi) is 5.07. The highest BCUT2D eigenvalue weighted by Crippen LogP contribution is 2.25. The van der Waals surface area contributed by atoms with Gasteiger partial charge in [-0.15, -0.1) is 0 Å². The molecule has 0 aliphatic heterocycles. The lowest BCUT2D eigenvalue weighted by atomic mass is 10.1. The minimum atomic E-state index is -0.490. The van der Waals surface area contributed by atoms with Crippen LogP contribution in [-0.4, -0.2) is 10.1 Å². The van der Waals surface area contributed by atoms with Crippen LogP contribution in [0.1, 0.15) is 22.6 Å². The maximum absolute atomic E-state index is 11.1. The van der Waals surface area contributed by atoms with Crippen LogP contribution in [0.3, 0.4) is 0 Å². The third-order valence-electron chi connectivity index (χ3n) is 4.62. The predicted molar refractivity (Wildman–Crippen MR) is 112 cm³/mol. The highest BCUT2D eigenvalue weighted by Gasteiger charge is 2.21. The average Bonchev–Trinajstić information content (AvgIpc) is 3.12. The highest BCUT2D eigenvalue weighted by atomic mass is 16.6. The van der Waals surface area contributed by atoms with Crippen molar-refractivity contribution in [2.45, 2.75) is 13.5 Å². The van der Waals surface area contributed by atoms with E-state index in [0.717, 1.165) is 16.9 Å². The van der Waals surface area contributed by atoms with Gasteiger partial charge < -0.3 is 9.26 Å². The third kappa shape index (κ3) is 4.01. The molecule has 1 heterocycles. The molecule has 0 bridgehead atoms. The summed E-state index contributed by atoms with van der Waals surface area (Å²) in [4.78, 5) is 10.6. The van der Waals surface area contributed by atoms with Gasteiger partial charge in [-0.05, 0) is 47.0 Å². The molecule has 0 fully saturated rings. The normalized spacial score (nSPS) is 11.2. The van der Waals surface area contributed by atoms with Gasteiger partial charge in [0.25, 0.3) is 0 Å². The van der Waals surface area contributed by atoms with Gasteiger partial charge in [0.1, 0.15) is 12.4 Å². The molecule has 0 aliphatic carbocycles. The van der Waals surface area contributed by atoms with E-state index < -0.39 is 4.92 Å². The van der Waals surface area contributed by atoms with E-state index in [2.05, 4.69) is 29.4 Å². The zero-order valence-electron chi connectivity index (χ0n) is 15.7. The van der Waals surface area contributed by atoms with Gasteiger partial charge in [0, 0.05) is 0 Å². The van der Waals surface area contributed by atoms with Crippen molar-refractivity contribution in [3.8, 4) is 5.75 Å². The minimum absolute atomic E-state index is 0.115. The minimum Gasteiger partial charge on any atom is -0.489 e. The van der Waals surface area contributed by atoms with Crippen molar-refractivity contribution in [3.05, 3.63) is 99.4 Å². The first-order chi connectivity index (χ1) is 14.1. The summed E-state index contributed by atoms with van der Waals surface area (Å²) in [7, 11) is 0. The Morgan fingerprint density at radius 2 is 1.79 bits per heavy atom. The molecular formula is C23H18N2O4. The Morgan fingerprint density at radius 3 is 2.59 bits per heavy atom. The molecule has 144 valence electrons. The van der Waals surface area contributed by atoms with Gasteiger partial charge in [0.15, 0.2) is 5.69 Å². The summed E-state index contributed by atoms with van der Waals surface area (Å²) in [6.07, 6.45) is 3.28. The molecule has 4 rings (SSSR count). The summed E-state index contributed by atoms with van der Waals surface area (Å²) in [5.74, 6) is 0.875. The monoisotopic (exact) mass is 386 g/mol. The van der Waals surface area contributed by atoms with Crippen molar-refractivity contribution >= 4 is 28.6 Å². The molecule has 0 unspecified atom stereocenters. The Hall–Kier alpha value is -3.93. The highest BCUT2D eigenvalue weighted by molar-refractivity contribution is 5.85. The van der Waals surface area contributed by atoms with Gasteiger partial charge in [0.2, 0.25) is 5.76 Å². The van der Waals surface area contributed by atoms with Gasteiger partial charge in [-0.1, -0.05) is 65.8 Å². The maximum atomic E-state index is 11.1. The molecule has 0 saturated carbocycles. The van der Waals surface area contributed by atoms with Crippen LogP contribution in [0, 0.1) is 17.0 Å². The molecule has 0 amide bonds. The van der Waals surface area contributed by atoms with Crippen LogP contribution in [0.4, 0.5) is 5.69 Å². The molecule has 6 nitrogen and oxygen atoms in total. The lowest BCUT2D eigenvalue weighted by Gasteiger charge is -2.09. The van der Waals surface area contributed by atoms with E-state index in [1.165, 1.54) is 10.8 Å². The van der Waals surface area contributed by atoms with E-state index in [-0.39, 0.29) is 17.1 Å². The molecule has 4 aromatic rings. The van der Waals surface area contributed by atoms with E-state index in [0.29, 0.717) is 6.61 Å². The Labute approximate surface area is 167 Å². The van der Waals surface area contributed by atoms with Crippen LogP contribution in [0.5, 0.6) is 5.75 Å².